The van der Waals surface area contributed by atoms with E-state index in [0.717, 1.165) is 0 Å². The topological polar surface area (TPSA) is 111 Å². The van der Waals surface area contributed by atoms with Crippen molar-refractivity contribution < 1.29 is 33.7 Å². The zero-order valence-electron chi connectivity index (χ0n) is 10.8. The average molecular weight is 273 g/mol. The summed E-state index contributed by atoms with van der Waals surface area (Å²) < 4.78 is 14.2. The van der Waals surface area contributed by atoms with Crippen molar-refractivity contribution in [2.75, 3.05) is 13.2 Å². The van der Waals surface area contributed by atoms with E-state index in [-0.39, 0.29) is 6.61 Å². The average Bonchev–Trinajstić information content (AvgIpc) is 2.23. The number of hydrogen-bond donors (Lipinski definition) is 2. The van der Waals surface area contributed by atoms with Gasteiger partial charge in [0.1, 0.15) is 6.54 Å². The number of aliphatic hydroxyl groups excluding tert-OH is 1. The van der Waals surface area contributed by atoms with E-state index in [4.69, 9.17) is 9.47 Å². The fourth-order valence-electron chi connectivity index (χ4n) is 1.31. The minimum atomic E-state index is -1.36. The molecule has 0 fully saturated rings. The van der Waals surface area contributed by atoms with Gasteiger partial charge in [0.05, 0.1) is 6.61 Å². The molecule has 1 amide bonds. The summed E-state index contributed by atoms with van der Waals surface area (Å²) in [7, 11) is 0. The minimum Gasteiger partial charge on any atom is -0.480 e. The first-order chi connectivity index (χ1) is 8.76. The lowest BCUT2D eigenvalue weighted by atomic mass is 10.2. The number of carbonyl (C=O) groups excluding carboxylic acids is 3. The van der Waals surface area contributed by atoms with Crippen LogP contribution in [0.3, 0.4) is 0 Å². The maximum absolute atomic E-state index is 11.6. The molecule has 0 saturated heterocycles. The second kappa shape index (κ2) is 5.59. The molecular weight excluding hydrogens is 258 g/mol. The van der Waals surface area contributed by atoms with Crippen molar-refractivity contribution in [2.45, 2.75) is 26.6 Å². The summed E-state index contributed by atoms with van der Waals surface area (Å²) in [5.41, 5.74) is -0.691. The number of nitrogens with one attached hydrogen (secondary N) is 1. The van der Waals surface area contributed by atoms with E-state index in [1.807, 2.05) is 0 Å². The van der Waals surface area contributed by atoms with E-state index >= 15 is 0 Å². The van der Waals surface area contributed by atoms with Crippen molar-refractivity contribution in [3.8, 4) is 0 Å². The maximum atomic E-state index is 11.6. The van der Waals surface area contributed by atoms with Crippen LogP contribution < -0.4 is 5.32 Å². The van der Waals surface area contributed by atoms with Crippen molar-refractivity contribution in [2.24, 2.45) is 0 Å². The first-order valence-electron chi connectivity index (χ1n) is 5.56. The number of hydrogen-bond acceptors (Lipinski definition) is 7. The number of esters is 2. The summed E-state index contributed by atoms with van der Waals surface area (Å²) in [6, 6.07) is 0. The van der Waals surface area contributed by atoms with Gasteiger partial charge in [-0.05, 0) is 6.92 Å². The number of ether oxygens (including phenoxy) is 3. The summed E-state index contributed by atoms with van der Waals surface area (Å²) in [5.74, 6) is -4.88. The molecule has 1 heterocycles. The zero-order chi connectivity index (χ0) is 14.6. The second-order valence-corrected chi connectivity index (χ2v) is 4.06. The number of amides is 1. The number of cyclic esters (lactones) is 1. The number of aliphatic hydroxyl groups is 1. The van der Waals surface area contributed by atoms with Crippen LogP contribution in [0.15, 0.2) is 11.5 Å². The van der Waals surface area contributed by atoms with Gasteiger partial charge < -0.3 is 24.6 Å². The quantitative estimate of drug-likeness (QED) is 0.536. The van der Waals surface area contributed by atoms with Gasteiger partial charge in [0.15, 0.2) is 0 Å². The van der Waals surface area contributed by atoms with E-state index in [1.54, 1.807) is 6.92 Å². The molecule has 19 heavy (non-hydrogen) atoms. The molecule has 106 valence electrons. The summed E-state index contributed by atoms with van der Waals surface area (Å²) in [4.78, 5) is 34.2. The predicted octanol–water partition coefficient (Wildman–Crippen LogP) is -0.255. The zero-order valence-corrected chi connectivity index (χ0v) is 10.8. The third-order valence-corrected chi connectivity index (χ3v) is 2.02. The smallest absolute Gasteiger partial charge is 0.354 e. The summed E-state index contributed by atoms with van der Waals surface area (Å²) >= 11 is 0. The van der Waals surface area contributed by atoms with Crippen LogP contribution in [-0.2, 0) is 28.6 Å². The second-order valence-electron chi connectivity index (χ2n) is 4.06. The van der Waals surface area contributed by atoms with Crippen molar-refractivity contribution in [1.29, 1.82) is 0 Å². The molecule has 0 bridgehead atoms. The minimum absolute atomic E-state index is 0.169. The van der Waals surface area contributed by atoms with E-state index in [0.29, 0.717) is 0 Å². The molecule has 0 aliphatic carbocycles. The van der Waals surface area contributed by atoms with Gasteiger partial charge in [-0.15, -0.1) is 0 Å². The van der Waals surface area contributed by atoms with Crippen LogP contribution in [0.1, 0.15) is 20.8 Å². The fraction of sp³-hybridized carbons (Fsp3) is 0.545. The van der Waals surface area contributed by atoms with E-state index in [9.17, 15) is 19.5 Å². The van der Waals surface area contributed by atoms with Crippen LogP contribution in [0.4, 0.5) is 0 Å². The Kier molecular flexibility index (Phi) is 4.36. The summed E-state index contributed by atoms with van der Waals surface area (Å²) in [5, 5.41) is 11.6. The molecule has 0 aromatic carbocycles. The van der Waals surface area contributed by atoms with Crippen LogP contribution in [0.5, 0.6) is 0 Å². The Morgan fingerprint density at radius 1 is 1.37 bits per heavy atom. The standard InChI is InChI=1S/C11H15NO7/c1-4-17-6(13)5-12-8(14)7-9(15)18-11(2,3)19-10(7)16/h15H,4-5H2,1-3H3,(H,12,14). The van der Waals surface area contributed by atoms with Gasteiger partial charge in [0.25, 0.3) is 11.7 Å². The Bertz CT molecular complexity index is 438. The predicted molar refractivity (Wildman–Crippen MR) is 60.6 cm³/mol. The number of carbonyl (C=O) groups is 3. The number of rotatable bonds is 4. The van der Waals surface area contributed by atoms with E-state index in [1.165, 1.54) is 13.8 Å². The molecule has 0 aromatic rings. The lowest BCUT2D eigenvalue weighted by Gasteiger charge is -2.30. The van der Waals surface area contributed by atoms with Gasteiger partial charge in [0.2, 0.25) is 5.57 Å². The van der Waals surface area contributed by atoms with Crippen molar-refractivity contribution in [3.63, 3.8) is 0 Å². The molecule has 2 N–H and O–H groups in total. The fourth-order valence-corrected chi connectivity index (χ4v) is 1.31. The molecular formula is C11H15NO7. The first kappa shape index (κ1) is 14.8. The summed E-state index contributed by atoms with van der Waals surface area (Å²) in [6.07, 6.45) is 0. The maximum Gasteiger partial charge on any atom is 0.354 e. The molecule has 0 radical (unpaired) electrons. The van der Waals surface area contributed by atoms with Crippen LogP contribution >= 0.6 is 0 Å². The Hall–Kier alpha value is -2.25. The van der Waals surface area contributed by atoms with Crippen LogP contribution in [-0.4, -0.2) is 41.9 Å². The van der Waals surface area contributed by atoms with Crippen molar-refractivity contribution >= 4 is 17.8 Å². The van der Waals surface area contributed by atoms with Gasteiger partial charge in [-0.1, -0.05) is 0 Å². The van der Waals surface area contributed by atoms with Crippen molar-refractivity contribution in [3.05, 3.63) is 11.5 Å². The van der Waals surface area contributed by atoms with Crippen LogP contribution in [0.2, 0.25) is 0 Å². The van der Waals surface area contributed by atoms with E-state index in [2.05, 4.69) is 10.1 Å². The first-order valence-corrected chi connectivity index (χ1v) is 5.56. The Morgan fingerprint density at radius 3 is 2.53 bits per heavy atom. The van der Waals surface area contributed by atoms with Gasteiger partial charge in [-0.2, -0.15) is 0 Å². The third kappa shape index (κ3) is 3.87. The Labute approximate surface area is 109 Å². The van der Waals surface area contributed by atoms with Crippen LogP contribution in [0, 0.1) is 0 Å². The molecule has 1 rings (SSSR count). The van der Waals surface area contributed by atoms with Gasteiger partial charge in [0, 0.05) is 13.8 Å². The molecule has 8 heteroatoms. The third-order valence-electron chi connectivity index (χ3n) is 2.02. The molecule has 0 unspecified atom stereocenters. The Balaban J connectivity index is 2.71. The Morgan fingerprint density at radius 2 is 2.00 bits per heavy atom. The lowest BCUT2D eigenvalue weighted by Crippen LogP contribution is -2.42. The van der Waals surface area contributed by atoms with Crippen LogP contribution in [0.25, 0.3) is 0 Å². The van der Waals surface area contributed by atoms with Crippen molar-refractivity contribution in [1.82, 2.24) is 5.32 Å². The highest BCUT2D eigenvalue weighted by molar-refractivity contribution is 6.17. The van der Waals surface area contributed by atoms with E-state index < -0.39 is 41.7 Å². The van der Waals surface area contributed by atoms with Gasteiger partial charge in [-0.3, -0.25) is 9.59 Å². The molecule has 0 saturated carbocycles. The molecule has 0 atom stereocenters. The highest BCUT2D eigenvalue weighted by atomic mass is 16.8. The van der Waals surface area contributed by atoms with Gasteiger partial charge >= 0.3 is 17.9 Å². The molecule has 1 aliphatic rings. The lowest BCUT2D eigenvalue weighted by molar-refractivity contribution is -0.221. The molecule has 1 aliphatic heterocycles. The molecule has 0 aromatic heterocycles. The highest BCUT2D eigenvalue weighted by Gasteiger charge is 2.39. The summed E-state index contributed by atoms with van der Waals surface area (Å²) in [6.45, 7) is 4.15. The largest absolute Gasteiger partial charge is 0.480 e. The highest BCUT2D eigenvalue weighted by Crippen LogP contribution is 2.24. The molecule has 0 spiro atoms. The normalized spacial score (nSPS) is 17.3. The van der Waals surface area contributed by atoms with Gasteiger partial charge in [-0.25, -0.2) is 4.79 Å². The SMILES string of the molecule is CCOC(=O)CNC(=O)C1=C(O)OC(C)(C)OC1=O. The molecule has 8 nitrogen and oxygen atoms in total. The monoisotopic (exact) mass is 273 g/mol.